The maximum absolute atomic E-state index is 13.0. The molecule has 0 radical (unpaired) electrons. The van der Waals surface area contributed by atoms with E-state index >= 15 is 0 Å². The molecule has 0 aromatic heterocycles. The maximum Gasteiger partial charge on any atom is 0.416 e. The van der Waals surface area contributed by atoms with Gasteiger partial charge >= 0.3 is 12.2 Å². The van der Waals surface area contributed by atoms with Crippen LogP contribution >= 0.6 is 0 Å². The van der Waals surface area contributed by atoms with Crippen molar-refractivity contribution in [1.29, 1.82) is 0 Å². The van der Waals surface area contributed by atoms with Crippen molar-refractivity contribution in [2.45, 2.75) is 50.4 Å². The Morgan fingerprint density at radius 2 is 1.68 bits per heavy atom. The number of hydrogen-bond donors (Lipinski definition) is 1. The Hall–Kier alpha value is -2.50. The fourth-order valence-electron chi connectivity index (χ4n) is 4.33. The Kier molecular flexibility index (Phi) is 5.04. The van der Waals surface area contributed by atoms with Gasteiger partial charge in [-0.25, -0.2) is 4.79 Å². The molecule has 1 atom stereocenters. The Morgan fingerprint density at radius 1 is 1.00 bits per heavy atom. The minimum atomic E-state index is -4.37. The minimum Gasteiger partial charge on any atom is -0.335 e. The number of amides is 2. The number of carbonyl (C=O) groups excluding carboxylic acids is 1. The molecule has 0 unspecified atom stereocenters. The van der Waals surface area contributed by atoms with Crippen molar-refractivity contribution in [3.05, 3.63) is 70.8 Å². The van der Waals surface area contributed by atoms with Crippen LogP contribution in [-0.2, 0) is 12.6 Å². The van der Waals surface area contributed by atoms with Gasteiger partial charge in [0.15, 0.2) is 0 Å². The van der Waals surface area contributed by atoms with Crippen LogP contribution in [-0.4, -0.2) is 23.5 Å². The Balaban J connectivity index is 1.67. The number of halogens is 3. The molecule has 148 valence electrons. The lowest BCUT2D eigenvalue weighted by Gasteiger charge is -2.38. The summed E-state index contributed by atoms with van der Waals surface area (Å²) in [6.45, 7) is 0.543. The van der Waals surface area contributed by atoms with Crippen LogP contribution in [0.4, 0.5) is 18.0 Å². The first-order valence-corrected chi connectivity index (χ1v) is 9.75. The first-order chi connectivity index (χ1) is 13.4. The molecule has 4 rings (SSSR count). The first-order valence-electron chi connectivity index (χ1n) is 9.75. The van der Waals surface area contributed by atoms with E-state index in [4.69, 9.17) is 0 Å². The van der Waals surface area contributed by atoms with E-state index in [9.17, 15) is 18.0 Å². The van der Waals surface area contributed by atoms with E-state index in [0.29, 0.717) is 12.1 Å². The molecule has 0 spiro atoms. The van der Waals surface area contributed by atoms with Crippen molar-refractivity contribution in [1.82, 2.24) is 10.2 Å². The van der Waals surface area contributed by atoms with Crippen molar-refractivity contribution in [2.24, 2.45) is 0 Å². The van der Waals surface area contributed by atoms with Crippen LogP contribution in [0.3, 0.4) is 0 Å². The van der Waals surface area contributed by atoms with Crippen LogP contribution in [0.25, 0.3) is 0 Å². The number of nitrogens with one attached hydrogen (secondary N) is 1. The number of nitrogens with zero attached hydrogens (tertiary/aromatic N) is 1. The lowest BCUT2D eigenvalue weighted by atomic mass is 9.88. The van der Waals surface area contributed by atoms with Gasteiger partial charge in [0, 0.05) is 12.6 Å². The summed E-state index contributed by atoms with van der Waals surface area (Å²) in [4.78, 5) is 14.8. The monoisotopic (exact) mass is 388 g/mol. The molecule has 2 aliphatic rings. The van der Waals surface area contributed by atoms with Gasteiger partial charge in [-0.1, -0.05) is 49.2 Å². The second-order valence-corrected chi connectivity index (χ2v) is 7.60. The number of benzene rings is 2. The second kappa shape index (κ2) is 7.49. The van der Waals surface area contributed by atoms with Gasteiger partial charge in [0.05, 0.1) is 11.6 Å². The second-order valence-electron chi connectivity index (χ2n) is 7.60. The summed E-state index contributed by atoms with van der Waals surface area (Å²) in [5.74, 6) is 0. The number of hydrogen-bond acceptors (Lipinski definition) is 1. The van der Waals surface area contributed by atoms with Gasteiger partial charge in [-0.2, -0.15) is 13.2 Å². The van der Waals surface area contributed by atoms with Gasteiger partial charge < -0.3 is 10.2 Å². The number of fused-ring (bicyclic) bond motifs is 1. The summed E-state index contributed by atoms with van der Waals surface area (Å²) < 4.78 is 38.9. The molecule has 6 heteroatoms. The highest BCUT2D eigenvalue weighted by atomic mass is 19.4. The predicted octanol–water partition coefficient (Wildman–Crippen LogP) is 5.31. The van der Waals surface area contributed by atoms with Crippen molar-refractivity contribution >= 4 is 6.03 Å². The number of urea groups is 1. The van der Waals surface area contributed by atoms with Crippen molar-refractivity contribution in [3.63, 3.8) is 0 Å². The molecule has 1 aliphatic carbocycles. The third-order valence-corrected chi connectivity index (χ3v) is 5.78. The van der Waals surface area contributed by atoms with E-state index in [0.717, 1.165) is 55.4 Å². The van der Waals surface area contributed by atoms with Crippen LogP contribution in [0.5, 0.6) is 0 Å². The van der Waals surface area contributed by atoms with E-state index in [1.54, 1.807) is 4.90 Å². The van der Waals surface area contributed by atoms with Gasteiger partial charge in [-0.3, -0.25) is 0 Å². The average Bonchev–Trinajstić information content (AvgIpc) is 3.19. The molecular formula is C22H23F3N2O. The van der Waals surface area contributed by atoms with E-state index in [1.807, 2.05) is 24.3 Å². The molecule has 1 N–H and O–H groups in total. The zero-order valence-electron chi connectivity index (χ0n) is 15.5. The summed E-state index contributed by atoms with van der Waals surface area (Å²) in [6.07, 6.45) is 0.586. The maximum atomic E-state index is 13.0. The Bertz CT molecular complexity index is 842. The van der Waals surface area contributed by atoms with Crippen molar-refractivity contribution in [2.75, 3.05) is 6.54 Å². The first kappa shape index (κ1) is 18.8. The highest BCUT2D eigenvalue weighted by Gasteiger charge is 2.34. The van der Waals surface area contributed by atoms with E-state index in [2.05, 4.69) is 5.32 Å². The summed E-state index contributed by atoms with van der Waals surface area (Å²) in [5, 5.41) is 3.12. The Morgan fingerprint density at radius 3 is 2.36 bits per heavy atom. The standard InChI is InChI=1S/C22H23F3N2O/c23-22(24,25)17-11-9-16(10-12-17)20-19-8-4-1-5-15(19)13-14-27(20)21(28)26-18-6-2-3-7-18/h1,4-5,8-12,18,20H,2-3,6-7,13-14H2,(H,26,28)/t20-/m1/s1. The Labute approximate surface area is 162 Å². The highest BCUT2D eigenvalue weighted by Crippen LogP contribution is 2.37. The van der Waals surface area contributed by atoms with E-state index < -0.39 is 11.7 Å². The fraction of sp³-hybridized carbons (Fsp3) is 0.409. The molecule has 28 heavy (non-hydrogen) atoms. The van der Waals surface area contributed by atoms with Gasteiger partial charge in [-0.15, -0.1) is 0 Å². The van der Waals surface area contributed by atoms with E-state index in [1.165, 1.54) is 12.1 Å². The molecule has 1 aliphatic heterocycles. The normalized spacial score (nSPS) is 20.1. The predicted molar refractivity (Wildman–Crippen MR) is 101 cm³/mol. The van der Waals surface area contributed by atoms with E-state index in [-0.39, 0.29) is 18.1 Å². The SMILES string of the molecule is O=C(NC1CCCC1)N1CCc2ccccc2[C@H]1c1ccc(C(F)(F)F)cc1. The molecule has 1 fully saturated rings. The van der Waals surface area contributed by atoms with Crippen LogP contribution in [0.1, 0.15) is 54.0 Å². The molecule has 1 saturated carbocycles. The number of carbonyl (C=O) groups is 1. The third kappa shape index (κ3) is 3.73. The van der Waals surface area contributed by atoms with Gasteiger partial charge in [0.1, 0.15) is 0 Å². The fourth-order valence-corrected chi connectivity index (χ4v) is 4.33. The lowest BCUT2D eigenvalue weighted by molar-refractivity contribution is -0.137. The molecule has 2 amide bonds. The number of alkyl halides is 3. The zero-order chi connectivity index (χ0) is 19.7. The molecule has 0 saturated heterocycles. The van der Waals surface area contributed by atoms with Crippen LogP contribution in [0.2, 0.25) is 0 Å². The molecular weight excluding hydrogens is 365 g/mol. The molecule has 2 aromatic carbocycles. The summed E-state index contributed by atoms with van der Waals surface area (Å²) in [7, 11) is 0. The van der Waals surface area contributed by atoms with Gasteiger partial charge in [0.2, 0.25) is 0 Å². The third-order valence-electron chi connectivity index (χ3n) is 5.78. The molecule has 2 aromatic rings. The highest BCUT2D eigenvalue weighted by molar-refractivity contribution is 5.76. The zero-order valence-corrected chi connectivity index (χ0v) is 15.5. The smallest absolute Gasteiger partial charge is 0.335 e. The largest absolute Gasteiger partial charge is 0.416 e. The van der Waals surface area contributed by atoms with Gasteiger partial charge in [-0.05, 0) is 48.1 Å². The summed E-state index contributed by atoms with van der Waals surface area (Å²) in [5.41, 5.74) is 2.14. The molecule has 1 heterocycles. The molecule has 0 bridgehead atoms. The minimum absolute atomic E-state index is 0.133. The summed E-state index contributed by atoms with van der Waals surface area (Å²) in [6, 6.07) is 12.7. The van der Waals surface area contributed by atoms with Gasteiger partial charge in [0.25, 0.3) is 0 Å². The van der Waals surface area contributed by atoms with Crippen molar-refractivity contribution in [3.8, 4) is 0 Å². The van der Waals surface area contributed by atoms with Crippen molar-refractivity contribution < 1.29 is 18.0 Å². The quantitative estimate of drug-likeness (QED) is 0.743. The van der Waals surface area contributed by atoms with Crippen LogP contribution in [0, 0.1) is 0 Å². The van der Waals surface area contributed by atoms with Crippen LogP contribution in [0.15, 0.2) is 48.5 Å². The lowest BCUT2D eigenvalue weighted by Crippen LogP contribution is -2.48. The number of rotatable bonds is 2. The average molecular weight is 388 g/mol. The summed E-state index contributed by atoms with van der Waals surface area (Å²) >= 11 is 0. The molecule has 3 nitrogen and oxygen atoms in total. The topological polar surface area (TPSA) is 32.3 Å². The van der Waals surface area contributed by atoms with Crippen LogP contribution < -0.4 is 5.32 Å².